The van der Waals surface area contributed by atoms with Crippen LogP contribution in [-0.2, 0) is 17.7 Å². The minimum atomic E-state index is 0.0330. The van der Waals surface area contributed by atoms with Crippen molar-refractivity contribution in [2.45, 2.75) is 63.5 Å². The number of pyridine rings is 1. The Hall–Kier alpha value is -2.07. The van der Waals surface area contributed by atoms with Gasteiger partial charge in [-0.3, -0.25) is 4.79 Å². The summed E-state index contributed by atoms with van der Waals surface area (Å²) >= 11 is 0. The molecule has 1 unspecified atom stereocenters. The van der Waals surface area contributed by atoms with Crippen molar-refractivity contribution in [2.75, 3.05) is 13.2 Å². The standard InChI is InChI=1S/C23H29NO3/c25-23-17-18(16-22-6-3-14-26-22)11-12-24(23)13-15-27-21-9-7-20(8-10-21)19-4-1-2-5-19/h7-12,17,19,22H,1-6,13-16H2. The zero-order valence-corrected chi connectivity index (χ0v) is 15.9. The van der Waals surface area contributed by atoms with E-state index in [1.165, 1.54) is 31.2 Å². The molecule has 2 aromatic rings. The fourth-order valence-electron chi connectivity index (χ4n) is 4.29. The summed E-state index contributed by atoms with van der Waals surface area (Å²) in [4.78, 5) is 12.3. The molecule has 2 fully saturated rings. The quantitative estimate of drug-likeness (QED) is 0.732. The Labute approximate surface area is 161 Å². The highest BCUT2D eigenvalue weighted by atomic mass is 16.5. The maximum atomic E-state index is 12.3. The van der Waals surface area contributed by atoms with Crippen molar-refractivity contribution in [3.8, 4) is 5.75 Å². The van der Waals surface area contributed by atoms with E-state index in [9.17, 15) is 4.79 Å². The van der Waals surface area contributed by atoms with Crippen LogP contribution < -0.4 is 10.3 Å². The highest BCUT2D eigenvalue weighted by Crippen LogP contribution is 2.34. The van der Waals surface area contributed by atoms with E-state index >= 15 is 0 Å². The number of rotatable bonds is 7. The van der Waals surface area contributed by atoms with Gasteiger partial charge in [-0.05, 0) is 67.3 Å². The number of benzene rings is 1. The minimum Gasteiger partial charge on any atom is -0.492 e. The van der Waals surface area contributed by atoms with Gasteiger partial charge in [0.15, 0.2) is 0 Å². The molecule has 4 heteroatoms. The maximum Gasteiger partial charge on any atom is 0.250 e. The van der Waals surface area contributed by atoms with Gasteiger partial charge in [-0.25, -0.2) is 0 Å². The predicted octanol–water partition coefficient (Wildman–Crippen LogP) is 4.31. The van der Waals surface area contributed by atoms with Crippen molar-refractivity contribution in [3.63, 3.8) is 0 Å². The zero-order chi connectivity index (χ0) is 18.5. The van der Waals surface area contributed by atoms with Gasteiger partial charge in [-0.15, -0.1) is 0 Å². The van der Waals surface area contributed by atoms with Crippen LogP contribution in [0.25, 0.3) is 0 Å². The third kappa shape index (κ3) is 4.81. The number of aromatic nitrogens is 1. The Bertz CT molecular complexity index is 784. The highest BCUT2D eigenvalue weighted by Gasteiger charge is 2.17. The number of hydrogen-bond donors (Lipinski definition) is 0. The van der Waals surface area contributed by atoms with Gasteiger partial charge < -0.3 is 14.0 Å². The minimum absolute atomic E-state index is 0.0330. The molecule has 0 spiro atoms. The van der Waals surface area contributed by atoms with Gasteiger partial charge in [0.2, 0.25) is 0 Å². The summed E-state index contributed by atoms with van der Waals surface area (Å²) in [6.07, 6.45) is 10.5. The van der Waals surface area contributed by atoms with Crippen molar-refractivity contribution >= 4 is 0 Å². The first kappa shape index (κ1) is 18.3. The second-order valence-corrected chi connectivity index (χ2v) is 7.80. The third-order valence-electron chi connectivity index (χ3n) is 5.86. The fraction of sp³-hybridized carbons (Fsp3) is 0.522. The molecule has 2 aliphatic rings. The Morgan fingerprint density at radius 1 is 1.04 bits per heavy atom. The average Bonchev–Trinajstić information content (AvgIpc) is 3.38. The van der Waals surface area contributed by atoms with E-state index in [4.69, 9.17) is 9.47 Å². The topological polar surface area (TPSA) is 40.5 Å². The molecule has 144 valence electrons. The molecule has 0 radical (unpaired) electrons. The molecule has 1 aliphatic heterocycles. The fourth-order valence-corrected chi connectivity index (χ4v) is 4.29. The molecule has 2 heterocycles. The predicted molar refractivity (Wildman–Crippen MR) is 107 cm³/mol. The molecule has 0 amide bonds. The van der Waals surface area contributed by atoms with Crippen LogP contribution >= 0.6 is 0 Å². The Morgan fingerprint density at radius 3 is 2.56 bits per heavy atom. The van der Waals surface area contributed by atoms with Gasteiger partial charge >= 0.3 is 0 Å². The van der Waals surface area contributed by atoms with Crippen LogP contribution in [0.15, 0.2) is 47.4 Å². The van der Waals surface area contributed by atoms with Crippen LogP contribution in [0.5, 0.6) is 5.75 Å². The summed E-state index contributed by atoms with van der Waals surface area (Å²) in [6.45, 7) is 1.90. The number of ether oxygens (including phenoxy) is 2. The summed E-state index contributed by atoms with van der Waals surface area (Å²) in [5.41, 5.74) is 2.52. The summed E-state index contributed by atoms with van der Waals surface area (Å²) in [7, 11) is 0. The van der Waals surface area contributed by atoms with Crippen molar-refractivity contribution in [1.82, 2.24) is 4.57 Å². The van der Waals surface area contributed by atoms with Crippen molar-refractivity contribution < 1.29 is 9.47 Å². The lowest BCUT2D eigenvalue weighted by Crippen LogP contribution is -2.23. The van der Waals surface area contributed by atoms with Gasteiger partial charge in [0, 0.05) is 18.9 Å². The number of hydrogen-bond acceptors (Lipinski definition) is 3. The molecule has 1 aromatic carbocycles. The third-order valence-corrected chi connectivity index (χ3v) is 5.86. The second-order valence-electron chi connectivity index (χ2n) is 7.80. The summed E-state index contributed by atoms with van der Waals surface area (Å²) in [6, 6.07) is 12.3. The van der Waals surface area contributed by atoms with Gasteiger partial charge in [0.1, 0.15) is 12.4 Å². The van der Waals surface area contributed by atoms with Crippen molar-refractivity contribution in [3.05, 3.63) is 64.1 Å². The average molecular weight is 367 g/mol. The van der Waals surface area contributed by atoms with E-state index in [-0.39, 0.29) is 11.7 Å². The van der Waals surface area contributed by atoms with Gasteiger partial charge in [0.25, 0.3) is 5.56 Å². The Morgan fingerprint density at radius 2 is 1.85 bits per heavy atom. The van der Waals surface area contributed by atoms with E-state index in [1.807, 2.05) is 12.3 Å². The summed E-state index contributed by atoms with van der Waals surface area (Å²) in [5.74, 6) is 1.60. The van der Waals surface area contributed by atoms with Crippen LogP contribution in [0.2, 0.25) is 0 Å². The van der Waals surface area contributed by atoms with E-state index in [1.54, 1.807) is 10.6 Å². The SMILES string of the molecule is O=c1cc(CC2CCCO2)ccn1CCOc1ccc(C2CCCC2)cc1. The van der Waals surface area contributed by atoms with E-state index < -0.39 is 0 Å². The largest absolute Gasteiger partial charge is 0.492 e. The van der Waals surface area contributed by atoms with Crippen molar-refractivity contribution in [1.29, 1.82) is 0 Å². The highest BCUT2D eigenvalue weighted by molar-refractivity contribution is 5.29. The molecule has 4 rings (SSSR count). The molecule has 0 N–H and O–H groups in total. The lowest BCUT2D eigenvalue weighted by atomic mass is 9.98. The molecular weight excluding hydrogens is 338 g/mol. The molecule has 0 bridgehead atoms. The normalized spacial score (nSPS) is 20.2. The van der Waals surface area contributed by atoms with E-state index in [0.29, 0.717) is 13.2 Å². The first-order chi connectivity index (χ1) is 13.3. The van der Waals surface area contributed by atoms with Crippen LogP contribution in [0.3, 0.4) is 0 Å². The molecule has 4 nitrogen and oxygen atoms in total. The zero-order valence-electron chi connectivity index (χ0n) is 15.9. The Balaban J connectivity index is 1.27. The first-order valence-electron chi connectivity index (χ1n) is 10.3. The van der Waals surface area contributed by atoms with Gasteiger partial charge in [-0.1, -0.05) is 25.0 Å². The van der Waals surface area contributed by atoms with Gasteiger partial charge in [-0.2, -0.15) is 0 Å². The van der Waals surface area contributed by atoms with Crippen LogP contribution in [0.1, 0.15) is 55.6 Å². The summed E-state index contributed by atoms with van der Waals surface area (Å²) < 4.78 is 13.2. The number of nitrogens with zero attached hydrogens (tertiary/aromatic N) is 1. The molecule has 1 saturated carbocycles. The van der Waals surface area contributed by atoms with Gasteiger partial charge in [0.05, 0.1) is 12.6 Å². The van der Waals surface area contributed by atoms with E-state index in [2.05, 4.69) is 24.3 Å². The molecule has 1 saturated heterocycles. The van der Waals surface area contributed by atoms with Crippen LogP contribution in [0.4, 0.5) is 0 Å². The lowest BCUT2D eigenvalue weighted by molar-refractivity contribution is 0.111. The molecule has 1 aromatic heterocycles. The maximum absolute atomic E-state index is 12.3. The van der Waals surface area contributed by atoms with Crippen molar-refractivity contribution in [2.24, 2.45) is 0 Å². The smallest absolute Gasteiger partial charge is 0.250 e. The van der Waals surface area contributed by atoms with E-state index in [0.717, 1.165) is 43.1 Å². The van der Waals surface area contributed by atoms with Crippen LogP contribution in [0, 0.1) is 0 Å². The molecular formula is C23H29NO3. The Kier molecular flexibility index (Phi) is 5.93. The monoisotopic (exact) mass is 367 g/mol. The van der Waals surface area contributed by atoms with Crippen LogP contribution in [-0.4, -0.2) is 23.9 Å². The lowest BCUT2D eigenvalue weighted by Gasteiger charge is -2.12. The first-order valence-corrected chi connectivity index (χ1v) is 10.3. The molecule has 1 aliphatic carbocycles. The molecule has 1 atom stereocenters. The molecule has 27 heavy (non-hydrogen) atoms. The second kappa shape index (κ2) is 8.75. The summed E-state index contributed by atoms with van der Waals surface area (Å²) in [5, 5.41) is 0.